The number of carbonyl (C=O) groups is 1. The smallest absolute Gasteiger partial charge is 0.244 e. The van der Waals surface area contributed by atoms with Gasteiger partial charge in [-0.15, -0.1) is 0 Å². The maximum Gasteiger partial charge on any atom is 0.244 e. The van der Waals surface area contributed by atoms with Gasteiger partial charge in [-0.3, -0.25) is 10.1 Å². The van der Waals surface area contributed by atoms with E-state index in [0.29, 0.717) is 0 Å². The second kappa shape index (κ2) is 5.62. The largest absolute Gasteiger partial charge is 0.319 e. The van der Waals surface area contributed by atoms with E-state index in [4.69, 9.17) is 11.6 Å². The Hall–Kier alpha value is -1.06. The molecule has 1 saturated carbocycles. The highest BCUT2D eigenvalue weighted by molar-refractivity contribution is 6.30. The third-order valence-electron chi connectivity index (χ3n) is 5.04. The Balaban J connectivity index is 1.96. The van der Waals surface area contributed by atoms with E-state index in [1.165, 1.54) is 0 Å². The normalized spacial score (nSPS) is 25.8. The highest BCUT2D eigenvalue weighted by atomic mass is 35.5. The molecule has 1 aromatic rings. The Morgan fingerprint density at radius 1 is 1.33 bits per heavy atom. The topological polar surface area (TPSA) is 32.3 Å². The number of halogens is 1. The Morgan fingerprint density at radius 2 is 1.95 bits per heavy atom. The number of benzene rings is 1. The van der Waals surface area contributed by atoms with Gasteiger partial charge < -0.3 is 4.90 Å². The van der Waals surface area contributed by atoms with Gasteiger partial charge in [0.25, 0.3) is 0 Å². The van der Waals surface area contributed by atoms with Gasteiger partial charge in [0.15, 0.2) is 0 Å². The number of nitrogens with zero attached hydrogens (tertiary/aromatic N) is 1. The third kappa shape index (κ3) is 2.47. The van der Waals surface area contributed by atoms with Crippen molar-refractivity contribution in [1.29, 1.82) is 0 Å². The second-order valence-corrected chi connectivity index (χ2v) is 6.79. The summed E-state index contributed by atoms with van der Waals surface area (Å²) < 4.78 is 0. The van der Waals surface area contributed by atoms with Crippen molar-refractivity contribution in [2.75, 3.05) is 0 Å². The summed E-state index contributed by atoms with van der Waals surface area (Å²) in [4.78, 5) is 15.1. The fraction of sp³-hybridized carbons (Fsp3) is 0.588. The van der Waals surface area contributed by atoms with Gasteiger partial charge in [0, 0.05) is 11.1 Å². The summed E-state index contributed by atoms with van der Waals surface area (Å²) in [6, 6.07) is 8.09. The molecule has 1 N–H and O–H groups in total. The van der Waals surface area contributed by atoms with Gasteiger partial charge in [-0.05, 0) is 43.9 Å². The Kier molecular flexibility index (Phi) is 3.98. The molecule has 2 unspecified atom stereocenters. The molecule has 0 bridgehead atoms. The molecule has 2 aliphatic rings. The lowest BCUT2D eigenvalue weighted by Crippen LogP contribution is -2.45. The van der Waals surface area contributed by atoms with Crippen LogP contribution in [0.3, 0.4) is 0 Å². The molecule has 2 fully saturated rings. The van der Waals surface area contributed by atoms with Crippen molar-refractivity contribution in [3.63, 3.8) is 0 Å². The number of hydrogen-bond acceptors (Lipinski definition) is 2. The standard InChI is InChI=1S/C17H23ClN2O/c1-3-12(2)20-15(13-6-8-14(18)9-7-13)19-17(16(20)21)10-4-5-11-17/h6-9,12,15,19H,3-5,10-11H2,1-2H3. The van der Waals surface area contributed by atoms with Gasteiger partial charge in [0.1, 0.15) is 6.17 Å². The fourth-order valence-corrected chi connectivity index (χ4v) is 3.76. The maximum absolute atomic E-state index is 13.0. The molecule has 2 atom stereocenters. The van der Waals surface area contributed by atoms with Crippen LogP contribution in [-0.2, 0) is 4.79 Å². The van der Waals surface area contributed by atoms with E-state index in [1.54, 1.807) is 0 Å². The molecule has 1 aliphatic heterocycles. The summed E-state index contributed by atoms with van der Waals surface area (Å²) in [5.74, 6) is 0.286. The van der Waals surface area contributed by atoms with E-state index in [-0.39, 0.29) is 23.7 Å². The molecule has 3 nitrogen and oxygen atoms in total. The van der Waals surface area contributed by atoms with Crippen LogP contribution in [0.5, 0.6) is 0 Å². The first-order valence-corrected chi connectivity index (χ1v) is 8.31. The molecule has 1 saturated heterocycles. The first-order chi connectivity index (χ1) is 10.1. The molecule has 1 amide bonds. The molecule has 1 aromatic carbocycles. The van der Waals surface area contributed by atoms with Crippen molar-refractivity contribution in [1.82, 2.24) is 10.2 Å². The van der Waals surface area contributed by atoms with Gasteiger partial charge in [-0.25, -0.2) is 0 Å². The van der Waals surface area contributed by atoms with E-state index >= 15 is 0 Å². The van der Waals surface area contributed by atoms with E-state index in [0.717, 1.165) is 42.7 Å². The summed E-state index contributed by atoms with van der Waals surface area (Å²) >= 11 is 5.99. The van der Waals surface area contributed by atoms with Crippen LogP contribution in [-0.4, -0.2) is 22.4 Å². The summed E-state index contributed by atoms with van der Waals surface area (Å²) in [6.45, 7) is 4.27. The average Bonchev–Trinajstić information content (AvgIpc) is 3.07. The molecule has 1 heterocycles. The van der Waals surface area contributed by atoms with Gasteiger partial charge >= 0.3 is 0 Å². The first-order valence-electron chi connectivity index (χ1n) is 7.93. The van der Waals surface area contributed by atoms with Crippen LogP contribution in [0.1, 0.15) is 57.7 Å². The van der Waals surface area contributed by atoms with E-state index in [9.17, 15) is 4.79 Å². The van der Waals surface area contributed by atoms with Crippen molar-refractivity contribution in [2.24, 2.45) is 0 Å². The quantitative estimate of drug-likeness (QED) is 0.919. The zero-order chi connectivity index (χ0) is 15.0. The number of rotatable bonds is 3. The first kappa shape index (κ1) is 14.9. The van der Waals surface area contributed by atoms with Crippen LogP contribution in [0.4, 0.5) is 0 Å². The Morgan fingerprint density at radius 3 is 2.52 bits per heavy atom. The second-order valence-electron chi connectivity index (χ2n) is 6.36. The summed E-state index contributed by atoms with van der Waals surface area (Å²) in [6.07, 6.45) is 5.14. The van der Waals surface area contributed by atoms with Crippen molar-refractivity contribution < 1.29 is 4.79 Å². The van der Waals surface area contributed by atoms with Gasteiger partial charge in [-0.1, -0.05) is 43.5 Å². The third-order valence-corrected chi connectivity index (χ3v) is 5.30. The highest BCUT2D eigenvalue weighted by Crippen LogP contribution is 2.42. The number of amides is 1. The minimum absolute atomic E-state index is 0.0252. The van der Waals surface area contributed by atoms with Gasteiger partial charge in [-0.2, -0.15) is 0 Å². The molecule has 1 spiro atoms. The van der Waals surface area contributed by atoms with Crippen molar-refractivity contribution >= 4 is 17.5 Å². The zero-order valence-electron chi connectivity index (χ0n) is 12.7. The molecule has 0 radical (unpaired) electrons. The molecule has 3 rings (SSSR count). The molecule has 1 aliphatic carbocycles. The predicted molar refractivity (Wildman–Crippen MR) is 85.1 cm³/mol. The highest BCUT2D eigenvalue weighted by Gasteiger charge is 2.53. The Bertz CT molecular complexity index is 522. The van der Waals surface area contributed by atoms with E-state index in [2.05, 4.69) is 24.1 Å². The van der Waals surface area contributed by atoms with Gasteiger partial charge in [0.2, 0.25) is 5.91 Å². The Labute approximate surface area is 131 Å². The lowest BCUT2D eigenvalue weighted by molar-refractivity contribution is -0.135. The molecule has 0 aromatic heterocycles. The minimum atomic E-state index is -0.326. The van der Waals surface area contributed by atoms with Crippen LogP contribution in [0.15, 0.2) is 24.3 Å². The van der Waals surface area contributed by atoms with Crippen molar-refractivity contribution in [3.05, 3.63) is 34.9 Å². The molecule has 21 heavy (non-hydrogen) atoms. The van der Waals surface area contributed by atoms with Gasteiger partial charge in [0.05, 0.1) is 5.54 Å². The maximum atomic E-state index is 13.0. The molecular weight excluding hydrogens is 284 g/mol. The molecule has 4 heteroatoms. The van der Waals surface area contributed by atoms with Crippen LogP contribution in [0.25, 0.3) is 0 Å². The summed E-state index contributed by atoms with van der Waals surface area (Å²) in [5, 5.41) is 4.38. The summed E-state index contributed by atoms with van der Waals surface area (Å²) in [5.41, 5.74) is 0.796. The van der Waals surface area contributed by atoms with E-state index in [1.807, 2.05) is 24.3 Å². The number of nitrogens with one attached hydrogen (secondary N) is 1. The van der Waals surface area contributed by atoms with Crippen LogP contribution in [0.2, 0.25) is 5.02 Å². The average molecular weight is 307 g/mol. The number of carbonyl (C=O) groups excluding carboxylic acids is 1. The molecular formula is C17H23ClN2O. The fourth-order valence-electron chi connectivity index (χ4n) is 3.63. The minimum Gasteiger partial charge on any atom is -0.319 e. The SMILES string of the molecule is CCC(C)N1C(=O)C2(CCCC2)NC1c1ccc(Cl)cc1. The lowest BCUT2D eigenvalue weighted by Gasteiger charge is -2.30. The number of hydrogen-bond donors (Lipinski definition) is 1. The zero-order valence-corrected chi connectivity index (χ0v) is 13.5. The lowest BCUT2D eigenvalue weighted by atomic mass is 9.97. The van der Waals surface area contributed by atoms with Crippen molar-refractivity contribution in [3.8, 4) is 0 Å². The van der Waals surface area contributed by atoms with Crippen LogP contribution in [0, 0.1) is 0 Å². The van der Waals surface area contributed by atoms with Crippen LogP contribution < -0.4 is 5.32 Å². The van der Waals surface area contributed by atoms with E-state index < -0.39 is 0 Å². The molecule has 114 valence electrons. The predicted octanol–water partition coefficient (Wildman–Crippen LogP) is 3.88. The monoisotopic (exact) mass is 306 g/mol. The van der Waals surface area contributed by atoms with Crippen LogP contribution >= 0.6 is 11.6 Å². The van der Waals surface area contributed by atoms with Crippen molar-refractivity contribution in [2.45, 2.75) is 63.7 Å². The summed E-state index contributed by atoms with van der Waals surface area (Å²) in [7, 11) is 0.